The van der Waals surface area contributed by atoms with E-state index in [-0.39, 0.29) is 11.9 Å². The molecule has 1 atom stereocenters. The topological polar surface area (TPSA) is 32.3 Å². The van der Waals surface area contributed by atoms with E-state index in [1.54, 1.807) is 0 Å². The molecule has 1 unspecified atom stereocenters. The number of likely N-dealkylation sites (tertiary alicyclic amines) is 1. The summed E-state index contributed by atoms with van der Waals surface area (Å²) in [5.41, 5.74) is 2.34. The first-order chi connectivity index (χ1) is 10.1. The maximum absolute atomic E-state index is 12.5. The van der Waals surface area contributed by atoms with E-state index < -0.39 is 0 Å². The Morgan fingerprint density at radius 3 is 2.38 bits per heavy atom. The minimum absolute atomic E-state index is 0.162. The highest BCUT2D eigenvalue weighted by Gasteiger charge is 2.21. The number of benzene rings is 1. The van der Waals surface area contributed by atoms with E-state index in [2.05, 4.69) is 37.4 Å². The molecule has 0 saturated carbocycles. The lowest BCUT2D eigenvalue weighted by Gasteiger charge is -2.25. The van der Waals surface area contributed by atoms with Crippen LogP contribution >= 0.6 is 0 Å². The maximum Gasteiger partial charge on any atom is 0.244 e. The number of nitrogens with zero attached hydrogens (tertiary/aromatic N) is 1. The Kier molecular flexibility index (Phi) is 5.66. The zero-order valence-corrected chi connectivity index (χ0v) is 13.6. The third kappa shape index (κ3) is 4.48. The van der Waals surface area contributed by atoms with Gasteiger partial charge in [-0.2, -0.15) is 0 Å². The fourth-order valence-corrected chi connectivity index (χ4v) is 2.86. The third-order valence-corrected chi connectivity index (χ3v) is 4.22. The number of carbonyl (C=O) groups is 1. The summed E-state index contributed by atoms with van der Waals surface area (Å²) >= 11 is 0. The SMILES string of the molecule is CC(Nc1cccc(C(C)C)c1)C(=O)N1CCCCCC1. The largest absolute Gasteiger partial charge is 0.374 e. The van der Waals surface area contributed by atoms with Gasteiger partial charge in [0, 0.05) is 18.8 Å². The Hall–Kier alpha value is -1.51. The highest BCUT2D eigenvalue weighted by Crippen LogP contribution is 2.19. The molecule has 0 aromatic heterocycles. The molecule has 116 valence electrons. The van der Waals surface area contributed by atoms with Crippen LogP contribution in [0.2, 0.25) is 0 Å². The predicted octanol–water partition coefficient (Wildman–Crippen LogP) is 4.01. The van der Waals surface area contributed by atoms with Gasteiger partial charge in [0.05, 0.1) is 0 Å². The van der Waals surface area contributed by atoms with Crippen LogP contribution in [0.25, 0.3) is 0 Å². The Morgan fingerprint density at radius 1 is 1.10 bits per heavy atom. The Balaban J connectivity index is 1.98. The normalized spacial score (nSPS) is 17.4. The standard InChI is InChI=1S/C18H28N2O/c1-14(2)16-9-8-10-17(13-16)19-15(3)18(21)20-11-6-4-5-7-12-20/h8-10,13-15,19H,4-7,11-12H2,1-3H3. The number of anilines is 1. The van der Waals surface area contributed by atoms with Gasteiger partial charge in [0.25, 0.3) is 0 Å². The molecule has 1 heterocycles. The molecule has 1 aliphatic heterocycles. The van der Waals surface area contributed by atoms with Crippen molar-refractivity contribution < 1.29 is 4.79 Å². The van der Waals surface area contributed by atoms with Crippen LogP contribution in [0.5, 0.6) is 0 Å². The first-order valence-electron chi connectivity index (χ1n) is 8.23. The lowest BCUT2D eigenvalue weighted by molar-refractivity contribution is -0.131. The maximum atomic E-state index is 12.5. The van der Waals surface area contributed by atoms with Gasteiger partial charge in [0.2, 0.25) is 5.91 Å². The van der Waals surface area contributed by atoms with Gasteiger partial charge in [0.15, 0.2) is 0 Å². The lowest BCUT2D eigenvalue weighted by atomic mass is 10.0. The number of nitrogens with one attached hydrogen (secondary N) is 1. The summed E-state index contributed by atoms with van der Waals surface area (Å²) in [5, 5.41) is 3.36. The number of rotatable bonds is 4. The molecule has 1 N–H and O–H groups in total. The van der Waals surface area contributed by atoms with Crippen LogP contribution in [0, 0.1) is 0 Å². The molecule has 0 aliphatic carbocycles. The molecule has 21 heavy (non-hydrogen) atoms. The summed E-state index contributed by atoms with van der Waals surface area (Å²) in [6.07, 6.45) is 4.78. The van der Waals surface area contributed by atoms with Crippen molar-refractivity contribution in [2.24, 2.45) is 0 Å². The fraction of sp³-hybridized carbons (Fsp3) is 0.611. The molecule has 3 nitrogen and oxygen atoms in total. The second kappa shape index (κ2) is 7.48. The van der Waals surface area contributed by atoms with Crippen LogP contribution in [-0.2, 0) is 4.79 Å². The molecular weight excluding hydrogens is 260 g/mol. The van der Waals surface area contributed by atoms with E-state index in [0.717, 1.165) is 31.6 Å². The van der Waals surface area contributed by atoms with Crippen molar-refractivity contribution >= 4 is 11.6 Å². The summed E-state index contributed by atoms with van der Waals surface area (Å²) in [4.78, 5) is 14.6. The molecule has 1 saturated heterocycles. The molecule has 1 aromatic carbocycles. The molecule has 1 fully saturated rings. The average molecular weight is 288 g/mol. The molecular formula is C18H28N2O. The van der Waals surface area contributed by atoms with E-state index in [4.69, 9.17) is 0 Å². The number of hydrogen-bond donors (Lipinski definition) is 1. The van der Waals surface area contributed by atoms with Gasteiger partial charge < -0.3 is 10.2 Å². The van der Waals surface area contributed by atoms with E-state index in [1.165, 1.54) is 18.4 Å². The zero-order chi connectivity index (χ0) is 15.2. The molecule has 0 radical (unpaired) electrons. The van der Waals surface area contributed by atoms with E-state index in [1.807, 2.05) is 17.9 Å². The fourth-order valence-electron chi connectivity index (χ4n) is 2.86. The highest BCUT2D eigenvalue weighted by atomic mass is 16.2. The molecule has 0 bridgehead atoms. The molecule has 1 aromatic rings. The summed E-state index contributed by atoms with van der Waals surface area (Å²) in [6.45, 7) is 8.17. The van der Waals surface area contributed by atoms with Gasteiger partial charge >= 0.3 is 0 Å². The Morgan fingerprint density at radius 2 is 1.76 bits per heavy atom. The highest BCUT2D eigenvalue weighted by molar-refractivity contribution is 5.84. The van der Waals surface area contributed by atoms with Crippen LogP contribution < -0.4 is 5.32 Å². The number of hydrogen-bond acceptors (Lipinski definition) is 2. The zero-order valence-electron chi connectivity index (χ0n) is 13.6. The van der Waals surface area contributed by atoms with Crippen LogP contribution in [-0.4, -0.2) is 29.9 Å². The van der Waals surface area contributed by atoms with E-state index in [9.17, 15) is 4.79 Å². The van der Waals surface area contributed by atoms with Crippen molar-refractivity contribution in [3.05, 3.63) is 29.8 Å². The average Bonchev–Trinajstić information content (AvgIpc) is 2.75. The minimum Gasteiger partial charge on any atom is -0.374 e. The monoisotopic (exact) mass is 288 g/mol. The predicted molar refractivity (Wildman–Crippen MR) is 88.7 cm³/mol. The number of carbonyl (C=O) groups excluding carboxylic acids is 1. The Bertz CT molecular complexity index is 462. The van der Waals surface area contributed by atoms with Crippen LogP contribution in [0.4, 0.5) is 5.69 Å². The van der Waals surface area contributed by atoms with Crippen molar-refractivity contribution in [1.82, 2.24) is 4.90 Å². The number of amides is 1. The third-order valence-electron chi connectivity index (χ3n) is 4.22. The van der Waals surface area contributed by atoms with Crippen molar-refractivity contribution in [2.75, 3.05) is 18.4 Å². The van der Waals surface area contributed by atoms with E-state index >= 15 is 0 Å². The van der Waals surface area contributed by atoms with Gasteiger partial charge in [-0.3, -0.25) is 4.79 Å². The first kappa shape index (κ1) is 15.9. The molecule has 0 spiro atoms. The van der Waals surface area contributed by atoms with Gasteiger partial charge in [-0.15, -0.1) is 0 Å². The second-order valence-corrected chi connectivity index (χ2v) is 6.39. The van der Waals surface area contributed by atoms with Gasteiger partial charge in [-0.25, -0.2) is 0 Å². The molecule has 3 heteroatoms. The summed E-state index contributed by atoms with van der Waals surface area (Å²) in [7, 11) is 0. The van der Waals surface area contributed by atoms with Gasteiger partial charge in [0.1, 0.15) is 6.04 Å². The van der Waals surface area contributed by atoms with Crippen molar-refractivity contribution in [3.63, 3.8) is 0 Å². The summed E-state index contributed by atoms with van der Waals surface area (Å²) in [5.74, 6) is 0.732. The van der Waals surface area contributed by atoms with Crippen LogP contribution in [0.1, 0.15) is 57.9 Å². The Labute approximate surface area is 128 Å². The lowest BCUT2D eigenvalue weighted by Crippen LogP contribution is -2.41. The minimum atomic E-state index is -0.162. The van der Waals surface area contributed by atoms with Gasteiger partial charge in [-0.05, 0) is 43.4 Å². The van der Waals surface area contributed by atoms with Crippen molar-refractivity contribution in [2.45, 2.75) is 58.4 Å². The summed E-state index contributed by atoms with van der Waals surface area (Å²) < 4.78 is 0. The van der Waals surface area contributed by atoms with E-state index in [0.29, 0.717) is 5.92 Å². The van der Waals surface area contributed by atoms with Crippen LogP contribution in [0.3, 0.4) is 0 Å². The van der Waals surface area contributed by atoms with Crippen molar-refractivity contribution in [1.29, 1.82) is 0 Å². The molecule has 1 amide bonds. The molecule has 2 rings (SSSR count). The quantitative estimate of drug-likeness (QED) is 0.907. The summed E-state index contributed by atoms with van der Waals surface area (Å²) in [6, 6.07) is 8.22. The van der Waals surface area contributed by atoms with Gasteiger partial charge in [-0.1, -0.05) is 38.8 Å². The smallest absolute Gasteiger partial charge is 0.244 e. The van der Waals surface area contributed by atoms with Crippen LogP contribution in [0.15, 0.2) is 24.3 Å². The molecule has 1 aliphatic rings. The second-order valence-electron chi connectivity index (χ2n) is 6.39. The van der Waals surface area contributed by atoms with Crippen molar-refractivity contribution in [3.8, 4) is 0 Å². The first-order valence-corrected chi connectivity index (χ1v) is 8.23.